The van der Waals surface area contributed by atoms with Gasteiger partial charge in [0, 0.05) is 25.8 Å². The number of aliphatic hydroxyl groups is 3. The largest absolute Gasteiger partial charge is 0.508 e. The van der Waals surface area contributed by atoms with E-state index in [0.29, 0.717) is 36.1 Å². The number of guanidine groups is 1. The van der Waals surface area contributed by atoms with Crippen LogP contribution in [0.1, 0.15) is 88.8 Å². The molecule has 0 saturated carbocycles. The quantitative estimate of drug-likeness (QED) is 0.0142. The molecule has 0 radical (unpaired) electrons. The number of amides is 14. The number of aliphatic carboxylic acids is 2. The van der Waals surface area contributed by atoms with Crippen molar-refractivity contribution in [1.29, 1.82) is 5.41 Å². The number of carboxylic acids is 2. The Morgan fingerprint density at radius 1 is 0.463 bits per heavy atom. The van der Waals surface area contributed by atoms with Crippen LogP contribution in [0.25, 0.3) is 0 Å². The van der Waals surface area contributed by atoms with E-state index in [1.807, 2.05) is 0 Å². The molecule has 27 N–H and O–H groups in total. The Morgan fingerprint density at radius 2 is 0.843 bits per heavy atom. The molecule has 40 nitrogen and oxygen atoms in total. The summed E-state index contributed by atoms with van der Waals surface area (Å²) < 4.78 is 0. The summed E-state index contributed by atoms with van der Waals surface area (Å²) in [5.41, 5.74) is 17.8. The Kier molecular flexibility index (Phi) is 36.7. The smallest absolute Gasteiger partial charge is 0.305 e. The molecule has 3 aromatic carbocycles. The normalized spacial score (nSPS) is 15.9. The second-order valence-electron chi connectivity index (χ2n) is 25.4. The van der Waals surface area contributed by atoms with E-state index in [1.54, 1.807) is 67.6 Å². The van der Waals surface area contributed by atoms with Crippen LogP contribution in [0.4, 0.5) is 0 Å². The number of carboxylic acid groups (broad SMARTS) is 2. The van der Waals surface area contributed by atoms with Crippen molar-refractivity contribution in [2.75, 3.05) is 32.9 Å². The molecule has 1 aliphatic rings. The van der Waals surface area contributed by atoms with Gasteiger partial charge in [0.2, 0.25) is 82.7 Å². The summed E-state index contributed by atoms with van der Waals surface area (Å²) in [6, 6.07) is -0.00836. The summed E-state index contributed by atoms with van der Waals surface area (Å²) in [5, 5.41) is 101. The highest BCUT2D eigenvalue weighted by Crippen LogP contribution is 2.16. The number of hydrogen-bond acceptors (Lipinski definition) is 22. The van der Waals surface area contributed by atoms with Crippen LogP contribution >= 0.6 is 0 Å². The lowest BCUT2D eigenvalue weighted by atomic mass is 9.97. The number of hydrogen-bond donors (Lipinski definition) is 24. The Balaban J connectivity index is 1.47. The number of nitrogens with one attached hydrogen (secondary N) is 15. The van der Waals surface area contributed by atoms with Crippen molar-refractivity contribution in [3.63, 3.8) is 0 Å². The molecule has 1 aliphatic heterocycles. The highest BCUT2D eigenvalue weighted by atomic mass is 16.4. The highest BCUT2D eigenvalue weighted by molar-refractivity contribution is 6.01. The van der Waals surface area contributed by atoms with Crippen LogP contribution in [0.5, 0.6) is 5.75 Å². The van der Waals surface area contributed by atoms with E-state index in [1.165, 1.54) is 31.2 Å². The third-order valence-electron chi connectivity index (χ3n) is 16.9. The van der Waals surface area contributed by atoms with Gasteiger partial charge in [-0.15, -0.1) is 0 Å². The van der Waals surface area contributed by atoms with Crippen LogP contribution in [0.15, 0.2) is 84.9 Å². The molecule has 1 fully saturated rings. The van der Waals surface area contributed by atoms with E-state index >= 15 is 0 Å². The average molecular weight is 1520 g/mol. The molecule has 4 rings (SSSR count). The Morgan fingerprint density at radius 3 is 1.27 bits per heavy atom. The first kappa shape index (κ1) is 88.5. The van der Waals surface area contributed by atoms with Gasteiger partial charge >= 0.3 is 11.9 Å². The van der Waals surface area contributed by atoms with Crippen molar-refractivity contribution in [2.24, 2.45) is 23.1 Å². The second-order valence-corrected chi connectivity index (χ2v) is 25.4. The van der Waals surface area contributed by atoms with Gasteiger partial charge in [-0.2, -0.15) is 0 Å². The van der Waals surface area contributed by atoms with Gasteiger partial charge in [-0.3, -0.25) is 82.1 Å². The molecule has 1 heterocycles. The number of aromatic hydroxyl groups is 1. The van der Waals surface area contributed by atoms with Crippen molar-refractivity contribution in [3.8, 4) is 5.75 Å². The molecule has 0 aliphatic carbocycles. The summed E-state index contributed by atoms with van der Waals surface area (Å²) in [5.74, 6) is -20.6. The number of aliphatic hydroxyl groups excluding tert-OH is 3. The zero-order valence-corrected chi connectivity index (χ0v) is 59.4. The molecule has 0 aromatic heterocycles. The van der Waals surface area contributed by atoms with E-state index in [4.69, 9.17) is 22.6 Å². The molecule has 108 heavy (non-hydrogen) atoms. The number of phenolic OH excluding ortho intramolecular Hbond substituents is 1. The van der Waals surface area contributed by atoms with Crippen LogP contribution in [0.3, 0.4) is 0 Å². The van der Waals surface area contributed by atoms with E-state index < -0.39 is 224 Å². The number of carbonyl (C=O) groups excluding carboxylic acids is 14. The summed E-state index contributed by atoms with van der Waals surface area (Å²) >= 11 is 0. The third kappa shape index (κ3) is 30.3. The van der Waals surface area contributed by atoms with E-state index in [-0.39, 0.29) is 50.8 Å². The van der Waals surface area contributed by atoms with E-state index in [0.717, 1.165) is 6.92 Å². The van der Waals surface area contributed by atoms with Crippen molar-refractivity contribution in [3.05, 3.63) is 102 Å². The summed E-state index contributed by atoms with van der Waals surface area (Å²) in [6.45, 7) is 1.06. The molecule has 14 atom stereocenters. The lowest BCUT2D eigenvalue weighted by Gasteiger charge is -2.29. The molecular weight excluding hydrogens is 1420 g/mol. The van der Waals surface area contributed by atoms with Crippen molar-refractivity contribution in [2.45, 2.75) is 170 Å². The second kappa shape index (κ2) is 44.8. The predicted octanol–water partition coefficient (Wildman–Crippen LogP) is -8.39. The fourth-order valence-corrected chi connectivity index (χ4v) is 10.7. The number of nitrogens with two attached hydrogens (primary N) is 3. The first-order valence-corrected chi connectivity index (χ1v) is 34.3. The Labute approximate surface area is 619 Å². The zero-order valence-electron chi connectivity index (χ0n) is 59.4. The molecule has 40 heteroatoms. The fourth-order valence-electron chi connectivity index (χ4n) is 10.7. The first-order chi connectivity index (χ1) is 51.2. The van der Waals surface area contributed by atoms with Crippen molar-refractivity contribution >= 4 is 101 Å². The third-order valence-corrected chi connectivity index (χ3v) is 16.9. The van der Waals surface area contributed by atoms with Crippen LogP contribution < -0.4 is 91.6 Å². The number of benzene rings is 3. The number of phenols is 1. The molecule has 3 aromatic rings. The molecule has 590 valence electrons. The van der Waals surface area contributed by atoms with Gasteiger partial charge in [-0.05, 0) is 73.9 Å². The maximum absolute atomic E-state index is 14.4. The molecule has 1 saturated heterocycles. The predicted molar refractivity (Wildman–Crippen MR) is 379 cm³/mol. The summed E-state index contributed by atoms with van der Waals surface area (Å²) in [6.07, 6.45) is -2.83. The minimum Gasteiger partial charge on any atom is -0.508 e. The van der Waals surface area contributed by atoms with Gasteiger partial charge in [0.25, 0.3) is 0 Å². The molecule has 14 amide bonds. The summed E-state index contributed by atoms with van der Waals surface area (Å²) in [7, 11) is 0. The van der Waals surface area contributed by atoms with E-state index in [2.05, 4.69) is 74.4 Å². The Hall–Kier alpha value is -11.9. The van der Waals surface area contributed by atoms with Crippen LogP contribution in [0.2, 0.25) is 0 Å². The molecular formula is C68H96N18O22. The van der Waals surface area contributed by atoms with Gasteiger partial charge in [0.1, 0.15) is 78.3 Å². The molecule has 0 bridgehead atoms. The number of rotatable bonds is 46. The molecule has 0 unspecified atom stereocenters. The van der Waals surface area contributed by atoms with Gasteiger partial charge in [-0.1, -0.05) is 93.1 Å². The number of primary amides is 2. The van der Waals surface area contributed by atoms with Crippen LogP contribution in [-0.2, 0) is 96.0 Å². The van der Waals surface area contributed by atoms with E-state index in [9.17, 15) is 107 Å². The van der Waals surface area contributed by atoms with Crippen molar-refractivity contribution < 1.29 is 107 Å². The van der Waals surface area contributed by atoms with Gasteiger partial charge in [0.15, 0.2) is 5.96 Å². The monoisotopic (exact) mass is 1520 g/mol. The minimum absolute atomic E-state index is 0.0235. The maximum Gasteiger partial charge on any atom is 0.305 e. The average Bonchev–Trinajstić information content (AvgIpc) is 1.29. The lowest BCUT2D eigenvalue weighted by Crippen LogP contribution is -2.62. The minimum atomic E-state index is -2.04. The summed E-state index contributed by atoms with van der Waals surface area (Å²) in [4.78, 5) is 215. The standard InChI is InChI=1S/C68H96N18O22/c1-4-34(2)54(86-58(99)41(18-12-24-74-68(71)72)76-62(103)46(29-52(92)93)81-59(100)44(27-38-19-21-39(90)22-20-38)79-57(98)40-17-11-23-73-40)67(108)85-50(33-89)66(107)80-45(28-51(69)91)61(102)83-48(31-87)64(105)75-35(3)56(97)78-43(26-37-15-9-6-10-16-37)60(101)84-49(32-88)65(106)82-47(30-53(94)95)63(104)77-42(55(70)96)25-36-13-7-5-8-14-36/h5-10,13-16,19-22,34-35,40-50,54,73,87-90H,4,11-12,17-18,23-33H2,1-3H3,(H2,69,91)(H2,70,96)(H,75,105)(H,76,103)(H,77,104)(H,78,97)(H,79,98)(H,80,107)(H,81,100)(H,82,106)(H,83,102)(H,84,101)(H,85,108)(H,86,99)(H,92,93)(H,94,95)(H4,71,72,74)/t34-,35-,40-,41-,42-,43-,44-,45-,46-,47-,48-,49-,50-,54-/m0/s1. The van der Waals surface area contributed by atoms with Gasteiger partial charge < -0.3 is 122 Å². The SMILES string of the molecule is CC[C@H](C)[C@H](NC(=O)[C@H](CCCNC(=N)N)NC(=O)[C@H](CC(=O)O)NC(=O)[C@H](Cc1ccc(O)cc1)NC(=O)[C@@H]1CCCN1)C(=O)N[C@@H](CO)C(=O)N[C@@H](CC(N)=O)C(=O)N[C@@H](CO)C(=O)N[C@@H](C)C(=O)N[C@@H](Cc1ccccc1)C(=O)N[C@@H](CO)C(=O)N[C@@H](CC(=O)O)C(=O)N[C@@H](Cc1ccccc1)C(N)=O. The Bertz CT molecular complexity index is 3650. The number of carbonyl (C=O) groups is 16. The van der Waals surface area contributed by atoms with Crippen LogP contribution in [-0.4, -0.2) is 243 Å². The zero-order chi connectivity index (χ0) is 80.3. The maximum atomic E-state index is 14.4. The molecule has 0 spiro atoms. The first-order valence-electron chi connectivity index (χ1n) is 34.3. The lowest BCUT2D eigenvalue weighted by molar-refractivity contribution is -0.142. The van der Waals surface area contributed by atoms with Gasteiger partial charge in [-0.25, -0.2) is 0 Å². The highest BCUT2D eigenvalue weighted by Gasteiger charge is 2.39. The van der Waals surface area contributed by atoms with Crippen molar-refractivity contribution in [1.82, 2.24) is 74.4 Å². The van der Waals surface area contributed by atoms with Gasteiger partial charge in [0.05, 0.1) is 45.1 Å². The topological polar surface area (TPSA) is 665 Å². The fraction of sp³-hybridized carbons (Fsp3) is 0.485. The van der Waals surface area contributed by atoms with Crippen LogP contribution in [0, 0.1) is 11.3 Å².